The molecule has 0 aliphatic rings. The van der Waals surface area contributed by atoms with Gasteiger partial charge in [0.2, 0.25) is 10.0 Å². The van der Waals surface area contributed by atoms with Crippen molar-refractivity contribution in [2.45, 2.75) is 37.8 Å². The number of benzene rings is 2. The number of rotatable bonds is 8. The average molecular weight is 407 g/mol. The molecule has 7 nitrogen and oxygen atoms in total. The Morgan fingerprint density at radius 1 is 0.964 bits per heavy atom. The Labute approximate surface area is 166 Å². The monoisotopic (exact) mass is 406 g/mol. The van der Waals surface area contributed by atoms with E-state index in [1.54, 1.807) is 21.0 Å². The molecule has 0 aliphatic heterocycles. The van der Waals surface area contributed by atoms with Gasteiger partial charge in [-0.25, -0.2) is 13.1 Å². The van der Waals surface area contributed by atoms with Crippen LogP contribution in [-0.2, 0) is 10.0 Å². The zero-order chi connectivity index (χ0) is 20.9. The molecule has 1 amide bonds. The van der Waals surface area contributed by atoms with Gasteiger partial charge in [-0.3, -0.25) is 4.79 Å². The van der Waals surface area contributed by atoms with Gasteiger partial charge < -0.3 is 14.8 Å². The molecule has 0 aromatic heterocycles. The van der Waals surface area contributed by atoms with Gasteiger partial charge in [-0.05, 0) is 45.0 Å². The van der Waals surface area contributed by atoms with Gasteiger partial charge in [0.25, 0.3) is 5.91 Å². The van der Waals surface area contributed by atoms with Crippen LogP contribution in [0.2, 0.25) is 0 Å². The smallest absolute Gasteiger partial charge is 0.251 e. The van der Waals surface area contributed by atoms with Crippen LogP contribution in [0.5, 0.6) is 11.5 Å². The van der Waals surface area contributed by atoms with Gasteiger partial charge in [0.05, 0.1) is 20.3 Å². The van der Waals surface area contributed by atoms with E-state index in [1.807, 2.05) is 31.2 Å². The first kappa shape index (κ1) is 21.7. The second-order valence-electron chi connectivity index (χ2n) is 6.58. The first-order chi connectivity index (χ1) is 13.2. The van der Waals surface area contributed by atoms with Gasteiger partial charge in [-0.2, -0.15) is 0 Å². The molecule has 1 atom stereocenters. The molecule has 2 aromatic carbocycles. The third-order valence-corrected chi connectivity index (χ3v) is 5.74. The number of amides is 1. The maximum absolute atomic E-state index is 12.7. The Balaban J connectivity index is 2.32. The second-order valence-corrected chi connectivity index (χ2v) is 8.26. The summed E-state index contributed by atoms with van der Waals surface area (Å²) < 4.78 is 38.2. The third-order valence-electron chi connectivity index (χ3n) is 4.06. The van der Waals surface area contributed by atoms with Gasteiger partial charge in [0.15, 0.2) is 0 Å². The fraction of sp³-hybridized carbons (Fsp3) is 0.350. The summed E-state index contributed by atoms with van der Waals surface area (Å²) in [6.45, 7) is 5.27. The molecule has 28 heavy (non-hydrogen) atoms. The highest BCUT2D eigenvalue weighted by atomic mass is 32.2. The number of carbonyl (C=O) groups excluding carboxylic acids is 1. The highest BCUT2D eigenvalue weighted by molar-refractivity contribution is 7.89. The Hall–Kier alpha value is -2.58. The van der Waals surface area contributed by atoms with Crippen molar-refractivity contribution in [3.63, 3.8) is 0 Å². The average Bonchev–Trinajstić information content (AvgIpc) is 2.66. The van der Waals surface area contributed by atoms with Gasteiger partial charge in [-0.1, -0.05) is 18.2 Å². The summed E-state index contributed by atoms with van der Waals surface area (Å²) in [6.07, 6.45) is 0. The molecular formula is C20H26N2O5S. The number of ether oxygens (including phenoxy) is 2. The molecule has 0 fully saturated rings. The number of carbonyl (C=O) groups is 1. The van der Waals surface area contributed by atoms with Crippen LogP contribution in [-0.4, -0.2) is 34.6 Å². The number of hydrogen-bond acceptors (Lipinski definition) is 5. The number of para-hydroxylation sites is 1. The fourth-order valence-corrected chi connectivity index (χ4v) is 4.23. The van der Waals surface area contributed by atoms with Crippen LogP contribution in [0, 0.1) is 0 Å². The molecule has 0 saturated heterocycles. The molecule has 0 saturated carbocycles. The fourth-order valence-electron chi connectivity index (χ4n) is 2.78. The number of methoxy groups -OCH3 is 2. The Morgan fingerprint density at radius 3 is 2.21 bits per heavy atom. The van der Waals surface area contributed by atoms with Crippen LogP contribution < -0.4 is 19.5 Å². The van der Waals surface area contributed by atoms with E-state index in [9.17, 15) is 13.2 Å². The molecule has 0 heterocycles. The molecular weight excluding hydrogens is 380 g/mol. The summed E-state index contributed by atoms with van der Waals surface area (Å²) in [7, 11) is -0.877. The summed E-state index contributed by atoms with van der Waals surface area (Å²) in [5.41, 5.74) is 1.04. The van der Waals surface area contributed by atoms with Crippen molar-refractivity contribution < 1.29 is 22.7 Å². The van der Waals surface area contributed by atoms with Gasteiger partial charge in [0.1, 0.15) is 16.4 Å². The van der Waals surface area contributed by atoms with Gasteiger partial charge in [-0.15, -0.1) is 0 Å². The maximum atomic E-state index is 12.7. The largest absolute Gasteiger partial charge is 0.496 e. The molecule has 0 spiro atoms. The first-order valence-electron chi connectivity index (χ1n) is 8.83. The maximum Gasteiger partial charge on any atom is 0.251 e. The van der Waals surface area contributed by atoms with E-state index in [0.29, 0.717) is 5.75 Å². The van der Waals surface area contributed by atoms with E-state index in [1.165, 1.54) is 25.3 Å². The van der Waals surface area contributed by atoms with E-state index in [-0.39, 0.29) is 28.3 Å². The van der Waals surface area contributed by atoms with Crippen LogP contribution >= 0.6 is 0 Å². The second kappa shape index (κ2) is 9.07. The minimum atomic E-state index is -3.82. The number of nitrogens with one attached hydrogen (secondary N) is 2. The molecule has 0 aliphatic carbocycles. The summed E-state index contributed by atoms with van der Waals surface area (Å²) in [6, 6.07) is 11.1. The lowest BCUT2D eigenvalue weighted by Crippen LogP contribution is -2.31. The van der Waals surface area contributed by atoms with Crippen molar-refractivity contribution >= 4 is 15.9 Å². The van der Waals surface area contributed by atoms with E-state index < -0.39 is 15.9 Å². The molecule has 2 aromatic rings. The van der Waals surface area contributed by atoms with E-state index >= 15 is 0 Å². The Morgan fingerprint density at radius 2 is 1.61 bits per heavy atom. The van der Waals surface area contributed by atoms with Crippen LogP contribution in [0.3, 0.4) is 0 Å². The predicted molar refractivity (Wildman–Crippen MR) is 107 cm³/mol. The number of sulfonamides is 1. The zero-order valence-electron chi connectivity index (χ0n) is 16.6. The molecule has 2 N–H and O–H groups in total. The highest BCUT2D eigenvalue weighted by Crippen LogP contribution is 2.27. The molecule has 152 valence electrons. The van der Waals surface area contributed by atoms with Gasteiger partial charge in [0, 0.05) is 17.2 Å². The summed E-state index contributed by atoms with van der Waals surface area (Å²) in [4.78, 5) is 12.6. The highest BCUT2D eigenvalue weighted by Gasteiger charge is 2.23. The normalized spacial score (nSPS) is 12.5. The standard InChI is InChI=1S/C20H26N2O5S/c1-13(2)22-28(24,25)19-12-15(10-11-18(19)27-5)20(23)21-14(3)16-8-6-7-9-17(16)26-4/h6-14,22H,1-5H3,(H,21,23). The third kappa shape index (κ3) is 5.02. The molecule has 0 radical (unpaired) electrons. The van der Waals surface area contributed by atoms with Crippen molar-refractivity contribution in [1.82, 2.24) is 10.0 Å². The van der Waals surface area contributed by atoms with E-state index in [0.717, 1.165) is 5.56 Å². The van der Waals surface area contributed by atoms with E-state index in [4.69, 9.17) is 9.47 Å². The van der Waals surface area contributed by atoms with Crippen molar-refractivity contribution in [2.75, 3.05) is 14.2 Å². The lowest BCUT2D eigenvalue weighted by Gasteiger charge is -2.18. The minimum absolute atomic E-state index is 0.0821. The van der Waals surface area contributed by atoms with Gasteiger partial charge >= 0.3 is 0 Å². The van der Waals surface area contributed by atoms with Crippen molar-refractivity contribution in [3.05, 3.63) is 53.6 Å². The molecule has 2 rings (SSSR count). The molecule has 0 bridgehead atoms. The summed E-state index contributed by atoms with van der Waals surface area (Å²) in [5, 5.41) is 2.87. The lowest BCUT2D eigenvalue weighted by molar-refractivity contribution is 0.0939. The predicted octanol–water partition coefficient (Wildman–Crippen LogP) is 2.88. The van der Waals surface area contributed by atoms with Crippen molar-refractivity contribution in [3.8, 4) is 11.5 Å². The molecule has 8 heteroatoms. The van der Waals surface area contributed by atoms with E-state index in [2.05, 4.69) is 10.0 Å². The van der Waals surface area contributed by atoms with Crippen molar-refractivity contribution in [2.24, 2.45) is 0 Å². The Bertz CT molecular complexity index is 941. The lowest BCUT2D eigenvalue weighted by atomic mass is 10.1. The van der Waals surface area contributed by atoms with Crippen LogP contribution in [0.25, 0.3) is 0 Å². The summed E-state index contributed by atoms with van der Waals surface area (Å²) in [5.74, 6) is 0.430. The van der Waals surface area contributed by atoms with Crippen molar-refractivity contribution in [1.29, 1.82) is 0 Å². The zero-order valence-corrected chi connectivity index (χ0v) is 17.5. The number of hydrogen-bond donors (Lipinski definition) is 2. The van der Waals surface area contributed by atoms with Crippen LogP contribution in [0.15, 0.2) is 47.4 Å². The first-order valence-corrected chi connectivity index (χ1v) is 10.3. The Kier molecular flexibility index (Phi) is 7.04. The molecule has 1 unspecified atom stereocenters. The SMILES string of the molecule is COc1ccccc1C(C)NC(=O)c1ccc(OC)c(S(=O)(=O)NC(C)C)c1. The van der Waals surface area contributed by atoms with Crippen LogP contribution in [0.4, 0.5) is 0 Å². The minimum Gasteiger partial charge on any atom is -0.496 e. The quantitative estimate of drug-likeness (QED) is 0.703. The van der Waals surface area contributed by atoms with Crippen LogP contribution in [0.1, 0.15) is 42.7 Å². The topological polar surface area (TPSA) is 93.7 Å². The summed E-state index contributed by atoms with van der Waals surface area (Å²) >= 11 is 0.